The van der Waals surface area contributed by atoms with Crippen molar-refractivity contribution in [3.63, 3.8) is 0 Å². The van der Waals surface area contributed by atoms with Crippen LogP contribution in [-0.4, -0.2) is 11.1 Å². The standard InChI is InChI=1S/C20H19F2N3O2/c21-14-8-13(9-15(22)10-14)20(5-1-2-6-20)19(26)24-11-12-3-4-16-17(7-12)27-25-18(16)23/h3-4,7-10H,1-2,5-6,11H2,(H2,23,25)(H,24,26). The van der Waals surface area contributed by atoms with Crippen LogP contribution in [0.15, 0.2) is 40.9 Å². The molecule has 4 rings (SSSR count). The van der Waals surface area contributed by atoms with Gasteiger partial charge in [-0.25, -0.2) is 8.78 Å². The fraction of sp³-hybridized carbons (Fsp3) is 0.300. The minimum atomic E-state index is -0.899. The van der Waals surface area contributed by atoms with Crippen molar-refractivity contribution in [2.45, 2.75) is 37.6 Å². The third-order valence-electron chi connectivity index (χ3n) is 5.32. The SMILES string of the molecule is Nc1noc2cc(CNC(=O)C3(c4cc(F)cc(F)c4)CCCC3)ccc12. The maximum absolute atomic E-state index is 13.7. The summed E-state index contributed by atoms with van der Waals surface area (Å²) in [6, 6.07) is 8.73. The van der Waals surface area contributed by atoms with Crippen LogP contribution in [0.25, 0.3) is 11.0 Å². The number of hydrogen-bond acceptors (Lipinski definition) is 4. The Morgan fingerprint density at radius 1 is 1.15 bits per heavy atom. The molecule has 140 valence electrons. The quantitative estimate of drug-likeness (QED) is 0.731. The first-order chi connectivity index (χ1) is 13.0. The molecule has 1 amide bonds. The Labute approximate surface area is 154 Å². The average Bonchev–Trinajstić information content (AvgIpc) is 3.27. The van der Waals surface area contributed by atoms with Crippen LogP contribution >= 0.6 is 0 Å². The summed E-state index contributed by atoms with van der Waals surface area (Å²) >= 11 is 0. The summed E-state index contributed by atoms with van der Waals surface area (Å²) in [4.78, 5) is 13.0. The summed E-state index contributed by atoms with van der Waals surface area (Å²) < 4.78 is 32.6. The second-order valence-corrected chi connectivity index (χ2v) is 7.03. The molecule has 1 heterocycles. The van der Waals surface area contributed by atoms with E-state index in [4.69, 9.17) is 10.3 Å². The topological polar surface area (TPSA) is 81.2 Å². The first-order valence-electron chi connectivity index (χ1n) is 8.87. The smallest absolute Gasteiger partial charge is 0.230 e. The van der Waals surface area contributed by atoms with Crippen molar-refractivity contribution < 1.29 is 18.1 Å². The van der Waals surface area contributed by atoms with Crippen molar-refractivity contribution in [1.82, 2.24) is 10.5 Å². The monoisotopic (exact) mass is 371 g/mol. The van der Waals surface area contributed by atoms with Crippen molar-refractivity contribution in [3.8, 4) is 0 Å². The van der Waals surface area contributed by atoms with Crippen LogP contribution in [0, 0.1) is 11.6 Å². The summed E-state index contributed by atoms with van der Waals surface area (Å²) in [6.07, 6.45) is 2.82. The lowest BCUT2D eigenvalue weighted by Crippen LogP contribution is -2.42. The number of amides is 1. The van der Waals surface area contributed by atoms with Crippen LogP contribution < -0.4 is 11.1 Å². The minimum Gasteiger partial charge on any atom is -0.380 e. The van der Waals surface area contributed by atoms with Gasteiger partial charge >= 0.3 is 0 Å². The molecule has 0 bridgehead atoms. The zero-order valence-corrected chi connectivity index (χ0v) is 14.6. The number of rotatable bonds is 4. The van der Waals surface area contributed by atoms with Gasteiger partial charge in [-0.15, -0.1) is 0 Å². The largest absolute Gasteiger partial charge is 0.380 e. The Hall–Kier alpha value is -2.96. The molecule has 0 atom stereocenters. The van der Waals surface area contributed by atoms with Gasteiger partial charge in [0.2, 0.25) is 5.91 Å². The molecule has 7 heteroatoms. The number of benzene rings is 2. The predicted molar refractivity (Wildman–Crippen MR) is 96.8 cm³/mol. The number of halogens is 2. The summed E-state index contributed by atoms with van der Waals surface area (Å²) in [5, 5.41) is 7.34. The molecule has 2 aromatic carbocycles. The number of hydrogen-bond donors (Lipinski definition) is 2. The highest BCUT2D eigenvalue weighted by atomic mass is 19.1. The lowest BCUT2D eigenvalue weighted by atomic mass is 9.78. The number of carbonyl (C=O) groups is 1. The Kier molecular flexibility index (Phi) is 4.30. The number of anilines is 1. The predicted octanol–water partition coefficient (Wildman–Crippen LogP) is 3.82. The Balaban J connectivity index is 1.57. The van der Waals surface area contributed by atoms with Gasteiger partial charge in [0.05, 0.1) is 10.8 Å². The van der Waals surface area contributed by atoms with E-state index in [9.17, 15) is 13.6 Å². The molecule has 1 fully saturated rings. The maximum Gasteiger partial charge on any atom is 0.230 e. The molecule has 0 saturated heterocycles. The van der Waals surface area contributed by atoms with E-state index in [-0.39, 0.29) is 12.5 Å². The van der Waals surface area contributed by atoms with Gasteiger partial charge in [-0.3, -0.25) is 4.79 Å². The van der Waals surface area contributed by atoms with Crippen LogP contribution in [-0.2, 0) is 16.8 Å². The minimum absolute atomic E-state index is 0.220. The van der Waals surface area contributed by atoms with Crippen molar-refractivity contribution in [2.75, 3.05) is 5.73 Å². The zero-order chi connectivity index (χ0) is 19.0. The number of nitrogen functional groups attached to an aromatic ring is 1. The average molecular weight is 371 g/mol. The van der Waals surface area contributed by atoms with E-state index in [0.717, 1.165) is 24.5 Å². The highest BCUT2D eigenvalue weighted by Crippen LogP contribution is 2.42. The molecule has 0 unspecified atom stereocenters. The van der Waals surface area contributed by atoms with Gasteiger partial charge in [-0.1, -0.05) is 24.1 Å². The van der Waals surface area contributed by atoms with Crippen LogP contribution in [0.2, 0.25) is 0 Å². The van der Waals surface area contributed by atoms with Gasteiger partial charge in [-0.05, 0) is 48.2 Å². The lowest BCUT2D eigenvalue weighted by Gasteiger charge is -2.28. The van der Waals surface area contributed by atoms with Gasteiger partial charge < -0.3 is 15.6 Å². The van der Waals surface area contributed by atoms with Crippen molar-refractivity contribution >= 4 is 22.7 Å². The van der Waals surface area contributed by atoms with Gasteiger partial charge in [-0.2, -0.15) is 0 Å². The van der Waals surface area contributed by atoms with Crippen LogP contribution in [0.5, 0.6) is 0 Å². The number of carbonyl (C=O) groups excluding carboxylic acids is 1. The molecular weight excluding hydrogens is 352 g/mol. The molecule has 27 heavy (non-hydrogen) atoms. The first kappa shape index (κ1) is 17.5. The van der Waals surface area contributed by atoms with Gasteiger partial charge in [0, 0.05) is 12.6 Å². The number of fused-ring (bicyclic) bond motifs is 1. The Bertz CT molecular complexity index is 989. The van der Waals surface area contributed by atoms with E-state index < -0.39 is 17.0 Å². The second kappa shape index (κ2) is 6.64. The second-order valence-electron chi connectivity index (χ2n) is 7.03. The molecule has 5 nitrogen and oxygen atoms in total. The number of nitrogens with one attached hydrogen (secondary N) is 1. The third-order valence-corrected chi connectivity index (χ3v) is 5.32. The van der Waals surface area contributed by atoms with Gasteiger partial charge in [0.25, 0.3) is 0 Å². The van der Waals surface area contributed by atoms with E-state index in [1.807, 2.05) is 6.07 Å². The molecule has 1 aromatic heterocycles. The van der Waals surface area contributed by atoms with Crippen LogP contribution in [0.4, 0.5) is 14.6 Å². The molecular formula is C20H19F2N3O2. The van der Waals surface area contributed by atoms with Crippen LogP contribution in [0.1, 0.15) is 36.8 Å². The summed E-state index contributed by atoms with van der Waals surface area (Å²) in [5.74, 6) is -1.24. The Morgan fingerprint density at radius 3 is 2.56 bits per heavy atom. The lowest BCUT2D eigenvalue weighted by molar-refractivity contribution is -0.126. The van der Waals surface area contributed by atoms with Crippen molar-refractivity contribution in [3.05, 3.63) is 59.2 Å². The zero-order valence-electron chi connectivity index (χ0n) is 14.6. The van der Waals surface area contributed by atoms with E-state index in [1.54, 1.807) is 12.1 Å². The van der Waals surface area contributed by atoms with E-state index in [1.165, 1.54) is 12.1 Å². The fourth-order valence-electron chi connectivity index (χ4n) is 3.92. The number of nitrogens with two attached hydrogens (primary N) is 1. The highest BCUT2D eigenvalue weighted by molar-refractivity contribution is 5.89. The van der Waals surface area contributed by atoms with E-state index >= 15 is 0 Å². The molecule has 1 saturated carbocycles. The fourth-order valence-corrected chi connectivity index (χ4v) is 3.92. The summed E-state index contributed by atoms with van der Waals surface area (Å²) in [7, 11) is 0. The highest BCUT2D eigenvalue weighted by Gasteiger charge is 2.43. The van der Waals surface area contributed by atoms with Gasteiger partial charge in [0.1, 0.15) is 11.6 Å². The third kappa shape index (κ3) is 3.13. The summed E-state index contributed by atoms with van der Waals surface area (Å²) in [6.45, 7) is 0.273. The summed E-state index contributed by atoms with van der Waals surface area (Å²) in [5.41, 5.74) is 6.57. The van der Waals surface area contributed by atoms with Crippen LogP contribution in [0.3, 0.4) is 0 Å². The number of nitrogens with zero attached hydrogens (tertiary/aromatic N) is 1. The van der Waals surface area contributed by atoms with Gasteiger partial charge in [0.15, 0.2) is 11.4 Å². The Morgan fingerprint density at radius 2 is 1.85 bits per heavy atom. The molecule has 0 radical (unpaired) electrons. The molecule has 0 spiro atoms. The molecule has 1 aliphatic carbocycles. The van der Waals surface area contributed by atoms with Crippen molar-refractivity contribution in [2.24, 2.45) is 0 Å². The first-order valence-corrected chi connectivity index (χ1v) is 8.87. The van der Waals surface area contributed by atoms with E-state index in [0.29, 0.717) is 35.2 Å². The molecule has 3 N–H and O–H groups in total. The van der Waals surface area contributed by atoms with Crippen molar-refractivity contribution in [1.29, 1.82) is 0 Å². The maximum atomic E-state index is 13.7. The van der Waals surface area contributed by atoms with E-state index in [2.05, 4.69) is 10.5 Å². The molecule has 0 aliphatic heterocycles. The number of aromatic nitrogens is 1. The normalized spacial score (nSPS) is 15.9. The molecule has 3 aromatic rings. The molecule has 1 aliphatic rings.